The molecule has 0 unspecified atom stereocenters. The molecule has 0 aromatic heterocycles. The average Bonchev–Trinajstić information content (AvgIpc) is 2.61. The zero-order chi connectivity index (χ0) is 19.3. The van der Waals surface area contributed by atoms with E-state index >= 15 is 0 Å². The van der Waals surface area contributed by atoms with Gasteiger partial charge in [0, 0.05) is 17.3 Å². The Morgan fingerprint density at radius 1 is 1.19 bits per heavy atom. The second-order valence-corrected chi connectivity index (χ2v) is 5.35. The Balaban J connectivity index is 2.11. The van der Waals surface area contributed by atoms with Gasteiger partial charge in [0.05, 0.1) is 17.6 Å². The molecule has 0 bridgehead atoms. The molecule has 0 atom stereocenters. The highest BCUT2D eigenvalue weighted by atomic mass is 32.1. The number of hydrogen-bond acceptors (Lipinski definition) is 6. The SMILES string of the molecule is COc1ccc(C(=O)NC(=S)Nc2cccc(C(=O)O)c2)cc1[N+](=O)[O-]. The molecule has 0 aliphatic carbocycles. The second kappa shape index (κ2) is 8.03. The van der Waals surface area contributed by atoms with Crippen LogP contribution in [-0.4, -0.2) is 34.1 Å². The van der Waals surface area contributed by atoms with Crippen LogP contribution in [-0.2, 0) is 0 Å². The Bertz CT molecular complexity index is 899. The first-order valence-corrected chi connectivity index (χ1v) is 7.50. The number of hydrogen-bond donors (Lipinski definition) is 3. The number of ether oxygens (including phenoxy) is 1. The molecule has 0 saturated heterocycles. The van der Waals surface area contributed by atoms with Crippen molar-refractivity contribution in [3.8, 4) is 5.75 Å². The van der Waals surface area contributed by atoms with Crippen molar-refractivity contribution in [3.05, 3.63) is 63.7 Å². The van der Waals surface area contributed by atoms with Crippen LogP contribution in [0.2, 0.25) is 0 Å². The van der Waals surface area contributed by atoms with E-state index in [1.54, 1.807) is 6.07 Å². The fourth-order valence-electron chi connectivity index (χ4n) is 2.04. The zero-order valence-corrected chi connectivity index (χ0v) is 14.2. The van der Waals surface area contributed by atoms with Crippen molar-refractivity contribution >= 4 is 40.6 Å². The maximum Gasteiger partial charge on any atom is 0.335 e. The highest BCUT2D eigenvalue weighted by molar-refractivity contribution is 7.80. The van der Waals surface area contributed by atoms with E-state index in [0.717, 1.165) is 6.07 Å². The number of nitrogens with zero attached hydrogens (tertiary/aromatic N) is 1. The molecule has 2 rings (SSSR count). The van der Waals surface area contributed by atoms with Gasteiger partial charge in [-0.25, -0.2) is 4.79 Å². The minimum atomic E-state index is -1.10. The van der Waals surface area contributed by atoms with Gasteiger partial charge in [0.25, 0.3) is 5.91 Å². The van der Waals surface area contributed by atoms with Gasteiger partial charge in [0.2, 0.25) is 0 Å². The minimum absolute atomic E-state index is 0.0148. The Morgan fingerprint density at radius 3 is 2.54 bits per heavy atom. The number of carbonyl (C=O) groups is 2. The summed E-state index contributed by atoms with van der Waals surface area (Å²) in [7, 11) is 1.28. The van der Waals surface area contributed by atoms with Crippen LogP contribution in [0.1, 0.15) is 20.7 Å². The van der Waals surface area contributed by atoms with Crippen molar-refractivity contribution in [1.82, 2.24) is 5.32 Å². The van der Waals surface area contributed by atoms with Gasteiger partial charge < -0.3 is 15.2 Å². The van der Waals surface area contributed by atoms with E-state index < -0.39 is 16.8 Å². The van der Waals surface area contributed by atoms with E-state index in [9.17, 15) is 19.7 Å². The number of methoxy groups -OCH3 is 1. The van der Waals surface area contributed by atoms with Crippen LogP contribution in [0, 0.1) is 10.1 Å². The van der Waals surface area contributed by atoms with E-state index in [1.807, 2.05) is 0 Å². The van der Waals surface area contributed by atoms with Crippen molar-refractivity contribution in [1.29, 1.82) is 0 Å². The van der Waals surface area contributed by atoms with Gasteiger partial charge in [-0.1, -0.05) is 6.07 Å². The number of rotatable bonds is 5. The maximum absolute atomic E-state index is 12.2. The first-order valence-electron chi connectivity index (χ1n) is 7.10. The lowest BCUT2D eigenvalue weighted by molar-refractivity contribution is -0.385. The number of aromatic carboxylic acids is 1. The molecule has 3 N–H and O–H groups in total. The Morgan fingerprint density at radius 2 is 1.92 bits per heavy atom. The summed E-state index contributed by atoms with van der Waals surface area (Å²) in [4.78, 5) is 33.5. The number of carboxylic acids is 1. The fraction of sp³-hybridized carbons (Fsp3) is 0.0625. The van der Waals surface area contributed by atoms with E-state index in [1.165, 1.54) is 37.4 Å². The first kappa shape index (κ1) is 18.8. The summed E-state index contributed by atoms with van der Waals surface area (Å²) in [5, 5.41) is 24.9. The van der Waals surface area contributed by atoms with Gasteiger partial charge in [0.15, 0.2) is 10.9 Å². The van der Waals surface area contributed by atoms with Crippen LogP contribution in [0.5, 0.6) is 5.75 Å². The lowest BCUT2D eigenvalue weighted by Crippen LogP contribution is -2.34. The molecule has 1 amide bonds. The Kier molecular flexibility index (Phi) is 5.81. The predicted molar refractivity (Wildman–Crippen MR) is 96.7 cm³/mol. The summed E-state index contributed by atoms with van der Waals surface area (Å²) in [5.41, 5.74) is 0.0833. The van der Waals surface area contributed by atoms with Gasteiger partial charge in [-0.3, -0.25) is 20.2 Å². The summed E-state index contributed by atoms with van der Waals surface area (Å²) in [6.45, 7) is 0. The van der Waals surface area contributed by atoms with Crippen LogP contribution in [0.25, 0.3) is 0 Å². The number of thiocarbonyl (C=S) groups is 1. The van der Waals surface area contributed by atoms with Crippen molar-refractivity contribution in [3.63, 3.8) is 0 Å². The minimum Gasteiger partial charge on any atom is -0.490 e. The first-order chi connectivity index (χ1) is 12.3. The zero-order valence-electron chi connectivity index (χ0n) is 13.4. The third-order valence-electron chi connectivity index (χ3n) is 3.23. The van der Waals surface area contributed by atoms with E-state index in [4.69, 9.17) is 22.1 Å². The van der Waals surface area contributed by atoms with E-state index in [-0.39, 0.29) is 27.7 Å². The number of carboxylic acid groups (broad SMARTS) is 1. The topological polar surface area (TPSA) is 131 Å². The van der Waals surface area contributed by atoms with E-state index in [0.29, 0.717) is 5.69 Å². The smallest absolute Gasteiger partial charge is 0.335 e. The molecule has 10 heteroatoms. The third-order valence-corrected chi connectivity index (χ3v) is 3.44. The second-order valence-electron chi connectivity index (χ2n) is 4.94. The lowest BCUT2D eigenvalue weighted by atomic mass is 10.1. The molecule has 0 saturated carbocycles. The molecule has 0 spiro atoms. The van der Waals surface area contributed by atoms with Gasteiger partial charge in [-0.2, -0.15) is 0 Å². The molecular formula is C16H13N3O6S. The molecule has 2 aromatic rings. The van der Waals surface area contributed by atoms with Crippen LogP contribution >= 0.6 is 12.2 Å². The largest absolute Gasteiger partial charge is 0.490 e. The fourth-order valence-corrected chi connectivity index (χ4v) is 2.25. The number of nitro benzene ring substituents is 1. The van der Waals surface area contributed by atoms with E-state index in [2.05, 4.69) is 10.6 Å². The number of anilines is 1. The normalized spacial score (nSPS) is 9.88. The van der Waals surface area contributed by atoms with Gasteiger partial charge in [0.1, 0.15) is 0 Å². The third kappa shape index (κ3) is 4.51. The molecule has 0 aliphatic rings. The van der Waals surface area contributed by atoms with Crippen LogP contribution in [0.3, 0.4) is 0 Å². The number of amides is 1. The number of nitro groups is 1. The molecule has 26 heavy (non-hydrogen) atoms. The van der Waals surface area contributed by atoms with Crippen LogP contribution < -0.4 is 15.4 Å². The average molecular weight is 375 g/mol. The summed E-state index contributed by atoms with van der Waals surface area (Å²) < 4.78 is 4.87. The number of carbonyl (C=O) groups excluding carboxylic acids is 1. The van der Waals surface area contributed by atoms with Crippen molar-refractivity contribution in [2.45, 2.75) is 0 Å². The van der Waals surface area contributed by atoms with Crippen molar-refractivity contribution in [2.24, 2.45) is 0 Å². The van der Waals surface area contributed by atoms with Gasteiger partial charge >= 0.3 is 11.7 Å². The quantitative estimate of drug-likeness (QED) is 0.412. The molecule has 0 heterocycles. The molecule has 2 aromatic carbocycles. The molecule has 0 fully saturated rings. The van der Waals surface area contributed by atoms with Crippen molar-refractivity contribution in [2.75, 3.05) is 12.4 Å². The monoisotopic (exact) mass is 375 g/mol. The highest BCUT2D eigenvalue weighted by Crippen LogP contribution is 2.27. The summed E-state index contributed by atoms with van der Waals surface area (Å²) >= 11 is 5.01. The molecule has 0 aliphatic heterocycles. The lowest BCUT2D eigenvalue weighted by Gasteiger charge is -2.10. The van der Waals surface area contributed by atoms with Crippen LogP contribution in [0.4, 0.5) is 11.4 Å². The predicted octanol–water partition coefficient (Wildman–Crippen LogP) is 2.43. The Hall–Kier alpha value is -3.53. The standard InChI is InChI=1S/C16H13N3O6S/c1-25-13-6-5-9(8-12(13)19(23)24)14(20)18-16(26)17-11-4-2-3-10(7-11)15(21)22/h2-8H,1H3,(H,21,22)(H2,17,18,20,26). The molecular weight excluding hydrogens is 362 g/mol. The van der Waals surface area contributed by atoms with Gasteiger partial charge in [-0.05, 0) is 42.5 Å². The number of nitrogens with one attached hydrogen (secondary N) is 2. The summed E-state index contributed by atoms with van der Waals surface area (Å²) in [5.74, 6) is -1.74. The summed E-state index contributed by atoms with van der Waals surface area (Å²) in [6.07, 6.45) is 0. The Labute approximate surface area is 152 Å². The molecule has 9 nitrogen and oxygen atoms in total. The number of benzene rings is 2. The maximum atomic E-state index is 12.2. The molecule has 134 valence electrons. The van der Waals surface area contributed by atoms with Crippen LogP contribution in [0.15, 0.2) is 42.5 Å². The highest BCUT2D eigenvalue weighted by Gasteiger charge is 2.18. The van der Waals surface area contributed by atoms with Crippen molar-refractivity contribution < 1.29 is 24.4 Å². The molecule has 0 radical (unpaired) electrons. The van der Waals surface area contributed by atoms with Gasteiger partial charge in [-0.15, -0.1) is 0 Å². The summed E-state index contributed by atoms with van der Waals surface area (Å²) in [6, 6.07) is 9.58.